The molecule has 0 bridgehead atoms. The molecule has 10 heteroatoms. The first-order valence-corrected chi connectivity index (χ1v) is 6.14. The molecule has 4 N–H and O–H groups in total. The fourth-order valence-electron chi connectivity index (χ4n) is 1.71. The number of hydrogen-bond donors (Lipinski definition) is 3. The van der Waals surface area contributed by atoms with Gasteiger partial charge in [-0.05, 0) is 19.1 Å². The Morgan fingerprint density at radius 2 is 2.14 bits per heavy atom. The number of aromatic nitrogens is 6. The molecule has 0 aromatic carbocycles. The Morgan fingerprint density at radius 3 is 2.81 bits per heavy atom. The van der Waals surface area contributed by atoms with Crippen LogP contribution in [0, 0.1) is 0 Å². The molecule has 1 atom stereocenters. The highest BCUT2D eigenvalue weighted by Gasteiger charge is 2.13. The largest absolute Gasteiger partial charge is 0.467 e. The van der Waals surface area contributed by atoms with E-state index in [1.165, 1.54) is 17.3 Å². The summed E-state index contributed by atoms with van der Waals surface area (Å²) in [5.41, 5.74) is 2.39. The molecule has 3 aromatic heterocycles. The smallest absolute Gasteiger partial charge is 0.258 e. The van der Waals surface area contributed by atoms with Crippen molar-refractivity contribution in [3.63, 3.8) is 0 Å². The lowest BCUT2D eigenvalue weighted by Gasteiger charge is -2.12. The number of nitrogens with zero attached hydrogens (tertiary/aromatic N) is 6. The summed E-state index contributed by atoms with van der Waals surface area (Å²) >= 11 is 0. The van der Waals surface area contributed by atoms with Crippen LogP contribution in [0.15, 0.2) is 35.5 Å². The maximum atomic E-state index is 5.37. The lowest BCUT2D eigenvalue weighted by molar-refractivity contribution is 0.489. The normalized spacial score (nSPS) is 12.1. The molecule has 0 spiro atoms. The van der Waals surface area contributed by atoms with Crippen molar-refractivity contribution in [2.24, 2.45) is 5.84 Å². The van der Waals surface area contributed by atoms with Gasteiger partial charge >= 0.3 is 0 Å². The second-order valence-corrected chi connectivity index (χ2v) is 4.15. The van der Waals surface area contributed by atoms with Crippen LogP contribution in [0.5, 0.6) is 0 Å². The van der Waals surface area contributed by atoms with Gasteiger partial charge in [-0.25, -0.2) is 10.8 Å². The highest BCUT2D eigenvalue weighted by Crippen LogP contribution is 2.18. The van der Waals surface area contributed by atoms with E-state index in [2.05, 4.69) is 35.8 Å². The van der Waals surface area contributed by atoms with Gasteiger partial charge in [0, 0.05) is 0 Å². The fraction of sp³-hybridized carbons (Fsp3) is 0.182. The van der Waals surface area contributed by atoms with Gasteiger partial charge in [-0.1, -0.05) is 0 Å². The molecule has 3 rings (SSSR count). The Kier molecular flexibility index (Phi) is 3.43. The average Bonchev–Trinajstić information content (AvgIpc) is 3.19. The number of hydrazine groups is 1. The van der Waals surface area contributed by atoms with E-state index in [0.717, 1.165) is 5.76 Å². The Labute approximate surface area is 119 Å². The molecule has 3 heterocycles. The molecule has 0 radical (unpaired) electrons. The predicted molar refractivity (Wildman–Crippen MR) is 73.3 cm³/mol. The van der Waals surface area contributed by atoms with Crippen molar-refractivity contribution in [3.05, 3.63) is 36.8 Å². The first kappa shape index (κ1) is 13.0. The van der Waals surface area contributed by atoms with Gasteiger partial charge in [-0.15, -0.1) is 0 Å². The maximum Gasteiger partial charge on any atom is 0.258 e. The van der Waals surface area contributed by atoms with Crippen LogP contribution in [0.4, 0.5) is 11.9 Å². The van der Waals surface area contributed by atoms with E-state index in [1.54, 1.807) is 6.26 Å². The zero-order chi connectivity index (χ0) is 14.7. The van der Waals surface area contributed by atoms with Gasteiger partial charge in [-0.2, -0.15) is 24.7 Å². The van der Waals surface area contributed by atoms with Gasteiger partial charge in [0.05, 0.1) is 12.3 Å². The fourth-order valence-corrected chi connectivity index (χ4v) is 1.71. The number of nitrogen functional groups attached to an aromatic ring is 1. The maximum absolute atomic E-state index is 5.37. The molecule has 21 heavy (non-hydrogen) atoms. The van der Waals surface area contributed by atoms with Gasteiger partial charge in [-0.3, -0.25) is 5.43 Å². The summed E-state index contributed by atoms with van der Waals surface area (Å²) in [5.74, 6) is 6.98. The van der Waals surface area contributed by atoms with Crippen molar-refractivity contribution in [2.75, 3.05) is 10.7 Å². The second-order valence-electron chi connectivity index (χ2n) is 4.15. The van der Waals surface area contributed by atoms with Crippen molar-refractivity contribution < 1.29 is 4.42 Å². The summed E-state index contributed by atoms with van der Waals surface area (Å²) in [4.78, 5) is 16.4. The minimum Gasteiger partial charge on any atom is -0.467 e. The summed E-state index contributed by atoms with van der Waals surface area (Å²) in [7, 11) is 0. The summed E-state index contributed by atoms with van der Waals surface area (Å²) in [6, 6.07) is 3.56. The highest BCUT2D eigenvalue weighted by molar-refractivity contribution is 5.38. The summed E-state index contributed by atoms with van der Waals surface area (Å²) in [6.45, 7) is 1.92. The Bertz CT molecular complexity index is 695. The Balaban J connectivity index is 1.89. The van der Waals surface area contributed by atoms with Crippen LogP contribution < -0.4 is 16.6 Å². The summed E-state index contributed by atoms with van der Waals surface area (Å²) in [6.07, 6.45) is 4.47. The third-order valence-corrected chi connectivity index (χ3v) is 2.69. The molecule has 0 saturated carbocycles. The topological polar surface area (TPSA) is 133 Å². The molecule has 3 aromatic rings. The zero-order valence-corrected chi connectivity index (χ0v) is 11.1. The van der Waals surface area contributed by atoms with Gasteiger partial charge in [0.15, 0.2) is 0 Å². The molecule has 1 unspecified atom stereocenters. The molecule has 0 saturated heterocycles. The van der Waals surface area contributed by atoms with E-state index in [0.29, 0.717) is 11.9 Å². The van der Waals surface area contributed by atoms with E-state index < -0.39 is 0 Å². The molecular weight excluding hydrogens is 274 g/mol. The van der Waals surface area contributed by atoms with Crippen LogP contribution in [-0.2, 0) is 0 Å². The van der Waals surface area contributed by atoms with Crippen LogP contribution in [0.25, 0.3) is 5.95 Å². The summed E-state index contributed by atoms with van der Waals surface area (Å²) < 4.78 is 6.73. The van der Waals surface area contributed by atoms with E-state index in [9.17, 15) is 0 Å². The van der Waals surface area contributed by atoms with E-state index in [4.69, 9.17) is 10.3 Å². The molecular formula is C11H13N9O. The Morgan fingerprint density at radius 1 is 1.29 bits per heavy atom. The first-order chi connectivity index (χ1) is 10.3. The SMILES string of the molecule is CC(Nc1nc(NN)nc(-n2cncn2)n1)c1ccco1. The minimum atomic E-state index is -0.114. The van der Waals surface area contributed by atoms with Gasteiger partial charge in [0.1, 0.15) is 18.4 Å². The monoisotopic (exact) mass is 287 g/mol. The van der Waals surface area contributed by atoms with Crippen molar-refractivity contribution in [3.8, 4) is 5.95 Å². The number of anilines is 2. The number of rotatable bonds is 5. The zero-order valence-electron chi connectivity index (χ0n) is 11.1. The molecule has 10 nitrogen and oxygen atoms in total. The number of hydrogen-bond acceptors (Lipinski definition) is 9. The number of nitrogens with one attached hydrogen (secondary N) is 2. The lowest BCUT2D eigenvalue weighted by atomic mass is 10.2. The number of furan rings is 1. The van der Waals surface area contributed by atoms with E-state index in [-0.39, 0.29) is 12.0 Å². The van der Waals surface area contributed by atoms with E-state index in [1.807, 2.05) is 19.1 Å². The van der Waals surface area contributed by atoms with Gasteiger partial charge in [0.25, 0.3) is 5.95 Å². The van der Waals surface area contributed by atoms with Crippen molar-refractivity contribution in [1.29, 1.82) is 0 Å². The molecule has 0 fully saturated rings. The highest BCUT2D eigenvalue weighted by atomic mass is 16.3. The lowest BCUT2D eigenvalue weighted by Crippen LogP contribution is -2.17. The first-order valence-electron chi connectivity index (χ1n) is 6.14. The van der Waals surface area contributed by atoms with Gasteiger partial charge < -0.3 is 9.73 Å². The average molecular weight is 287 g/mol. The third-order valence-electron chi connectivity index (χ3n) is 2.69. The van der Waals surface area contributed by atoms with Crippen LogP contribution in [0.2, 0.25) is 0 Å². The van der Waals surface area contributed by atoms with Gasteiger partial charge in [0.2, 0.25) is 11.9 Å². The second kappa shape index (κ2) is 5.54. The molecule has 0 amide bonds. The van der Waals surface area contributed by atoms with Crippen LogP contribution >= 0.6 is 0 Å². The van der Waals surface area contributed by atoms with Crippen LogP contribution in [0.1, 0.15) is 18.7 Å². The quantitative estimate of drug-likeness (QED) is 0.453. The molecule has 0 aliphatic carbocycles. The van der Waals surface area contributed by atoms with Crippen molar-refractivity contribution >= 4 is 11.9 Å². The van der Waals surface area contributed by atoms with Crippen LogP contribution in [0.3, 0.4) is 0 Å². The summed E-state index contributed by atoms with van der Waals surface area (Å²) in [5, 5.41) is 7.08. The molecule has 0 aliphatic rings. The molecule has 0 aliphatic heterocycles. The Hall–Kier alpha value is -3.01. The van der Waals surface area contributed by atoms with Crippen molar-refractivity contribution in [1.82, 2.24) is 29.7 Å². The molecule has 108 valence electrons. The predicted octanol–water partition coefficient (Wildman–Crippen LogP) is 0.504. The van der Waals surface area contributed by atoms with Crippen LogP contribution in [-0.4, -0.2) is 29.7 Å². The standard InChI is InChI=1S/C11H13N9O/c1-7(8-3-2-4-21-8)15-9-16-10(19-12)18-11(17-9)20-6-13-5-14-20/h2-7H,12H2,1H3,(H2,15,16,17,18,19). The third kappa shape index (κ3) is 2.79. The van der Waals surface area contributed by atoms with E-state index >= 15 is 0 Å². The number of nitrogens with two attached hydrogens (primary N) is 1. The minimum absolute atomic E-state index is 0.114. The van der Waals surface area contributed by atoms with Crippen molar-refractivity contribution in [2.45, 2.75) is 13.0 Å².